The molecule has 1 aliphatic heterocycles. The Hall–Kier alpha value is -2.97. The van der Waals surface area contributed by atoms with Crippen LogP contribution in [0.1, 0.15) is 31.1 Å². The van der Waals surface area contributed by atoms with Crippen LogP contribution in [0.4, 0.5) is 11.4 Å². The summed E-state index contributed by atoms with van der Waals surface area (Å²) in [6, 6.07) is 4.99. The largest absolute Gasteiger partial charge is 0.545 e. The summed E-state index contributed by atoms with van der Waals surface area (Å²) in [4.78, 5) is 47.1. The van der Waals surface area contributed by atoms with Gasteiger partial charge in [0.2, 0.25) is 0 Å². The second-order valence-electron chi connectivity index (χ2n) is 5.00. The number of aromatic carboxylic acids is 1. The lowest BCUT2D eigenvalue weighted by atomic mass is 10.1. The Labute approximate surface area is 149 Å². The number of nitro benzene ring substituents is 1. The van der Waals surface area contributed by atoms with Gasteiger partial charge in [0.25, 0.3) is 17.5 Å². The average Bonchev–Trinajstić information content (AvgIpc) is 2.78. The van der Waals surface area contributed by atoms with Crippen LogP contribution in [-0.2, 0) is 0 Å². The lowest BCUT2D eigenvalue weighted by molar-refractivity contribution is -0.384. The lowest BCUT2D eigenvalue weighted by Crippen LogP contribution is -2.33. The number of fused-ring (bicyclic) bond motifs is 1. The third-order valence-electron chi connectivity index (χ3n) is 3.58. The highest BCUT2D eigenvalue weighted by atomic mass is 35.5. The number of amides is 2. The van der Waals surface area contributed by atoms with E-state index in [1.165, 1.54) is 12.1 Å². The molecule has 0 atom stereocenters. The summed E-state index contributed by atoms with van der Waals surface area (Å²) in [5.41, 5.74) is -1.68. The smallest absolute Gasteiger partial charge is 0.271 e. The Morgan fingerprint density at radius 3 is 1.96 bits per heavy atom. The zero-order valence-corrected chi connectivity index (χ0v) is 13.5. The average molecular weight is 380 g/mol. The van der Waals surface area contributed by atoms with Gasteiger partial charge in [-0.15, -0.1) is 0 Å². The quantitative estimate of drug-likeness (QED) is 0.457. The van der Waals surface area contributed by atoms with E-state index in [1.54, 1.807) is 0 Å². The molecule has 0 N–H and O–H groups in total. The van der Waals surface area contributed by atoms with E-state index in [0.717, 1.165) is 18.2 Å². The predicted octanol–water partition coefficient (Wildman–Crippen LogP) is 2.07. The summed E-state index contributed by atoms with van der Waals surface area (Å²) < 4.78 is 0. The van der Waals surface area contributed by atoms with E-state index in [4.69, 9.17) is 23.2 Å². The van der Waals surface area contributed by atoms with Gasteiger partial charge in [-0.25, -0.2) is 4.90 Å². The van der Waals surface area contributed by atoms with Crippen molar-refractivity contribution in [1.82, 2.24) is 0 Å². The second-order valence-corrected chi connectivity index (χ2v) is 5.82. The molecule has 25 heavy (non-hydrogen) atoms. The Balaban J connectivity index is 2.22. The maximum Gasteiger partial charge on any atom is 0.271 e. The van der Waals surface area contributed by atoms with Gasteiger partial charge in [-0.2, -0.15) is 0 Å². The third-order valence-corrected chi connectivity index (χ3v) is 4.30. The number of nitro groups is 1. The summed E-state index contributed by atoms with van der Waals surface area (Å²) in [5.74, 6) is -3.44. The molecule has 2 aromatic carbocycles. The summed E-state index contributed by atoms with van der Waals surface area (Å²) >= 11 is 11.7. The van der Waals surface area contributed by atoms with Gasteiger partial charge in [-0.1, -0.05) is 23.2 Å². The Kier molecular flexibility index (Phi) is 3.94. The van der Waals surface area contributed by atoms with Gasteiger partial charge >= 0.3 is 0 Å². The van der Waals surface area contributed by atoms with Crippen molar-refractivity contribution in [2.75, 3.05) is 4.90 Å². The van der Waals surface area contributed by atoms with Crippen molar-refractivity contribution >= 4 is 52.4 Å². The fourth-order valence-electron chi connectivity index (χ4n) is 2.44. The summed E-state index contributed by atoms with van der Waals surface area (Å²) in [5, 5.41) is 22.3. The van der Waals surface area contributed by atoms with Crippen LogP contribution in [0, 0.1) is 10.1 Å². The van der Waals surface area contributed by atoms with Crippen molar-refractivity contribution in [1.29, 1.82) is 0 Å². The standard InChI is InChI=1S/C15H6Cl2N2O6/c16-10-4-8-9(5-11(10)17)14(21)18(13(8)20)12-3-6(19(24)25)1-2-7(12)15(22)23/h1-5H,(H,22,23)/p-1. The number of imide groups is 1. The van der Waals surface area contributed by atoms with Gasteiger partial charge in [-0.3, -0.25) is 19.7 Å². The molecule has 3 rings (SSSR count). The van der Waals surface area contributed by atoms with Crippen LogP contribution < -0.4 is 10.0 Å². The van der Waals surface area contributed by atoms with Crippen molar-refractivity contribution in [2.45, 2.75) is 0 Å². The number of rotatable bonds is 3. The van der Waals surface area contributed by atoms with Crippen LogP contribution in [0.3, 0.4) is 0 Å². The maximum absolute atomic E-state index is 12.5. The normalized spacial score (nSPS) is 13.1. The first-order valence-corrected chi connectivity index (χ1v) is 7.35. The van der Waals surface area contributed by atoms with E-state index in [9.17, 15) is 29.6 Å². The lowest BCUT2D eigenvalue weighted by Gasteiger charge is -2.18. The van der Waals surface area contributed by atoms with E-state index in [0.29, 0.717) is 4.90 Å². The fourth-order valence-corrected chi connectivity index (χ4v) is 2.77. The highest BCUT2D eigenvalue weighted by molar-refractivity contribution is 6.44. The van der Waals surface area contributed by atoms with Crippen LogP contribution >= 0.6 is 23.2 Å². The van der Waals surface area contributed by atoms with Gasteiger partial charge in [0.15, 0.2) is 0 Å². The number of benzene rings is 2. The van der Waals surface area contributed by atoms with Crippen molar-refractivity contribution < 1.29 is 24.4 Å². The van der Waals surface area contributed by atoms with Crippen LogP contribution in [0.2, 0.25) is 10.0 Å². The summed E-state index contributed by atoms with van der Waals surface area (Å²) in [6.45, 7) is 0. The first-order chi connectivity index (χ1) is 11.7. The molecule has 2 amide bonds. The van der Waals surface area contributed by atoms with E-state index in [-0.39, 0.29) is 21.2 Å². The minimum Gasteiger partial charge on any atom is -0.545 e. The van der Waals surface area contributed by atoms with Crippen LogP contribution in [-0.4, -0.2) is 22.7 Å². The molecule has 0 unspecified atom stereocenters. The number of hydrogen-bond donors (Lipinski definition) is 0. The van der Waals surface area contributed by atoms with Crippen molar-refractivity contribution in [3.63, 3.8) is 0 Å². The minimum atomic E-state index is -1.70. The molecule has 2 aromatic rings. The number of nitrogens with zero attached hydrogens (tertiary/aromatic N) is 2. The number of halogens is 2. The van der Waals surface area contributed by atoms with Gasteiger partial charge in [0, 0.05) is 17.7 Å². The zero-order chi connectivity index (χ0) is 18.5. The number of hydrogen-bond acceptors (Lipinski definition) is 6. The first-order valence-electron chi connectivity index (χ1n) is 6.60. The van der Waals surface area contributed by atoms with E-state index in [2.05, 4.69) is 0 Å². The van der Waals surface area contributed by atoms with Crippen molar-refractivity contribution in [3.05, 3.63) is 67.2 Å². The number of anilines is 1. The molecular weight excluding hydrogens is 375 g/mol. The highest BCUT2D eigenvalue weighted by Crippen LogP contribution is 2.36. The molecule has 0 radical (unpaired) electrons. The molecule has 0 saturated heterocycles. The molecule has 0 bridgehead atoms. The monoisotopic (exact) mass is 379 g/mol. The van der Waals surface area contributed by atoms with Gasteiger partial charge in [0.05, 0.1) is 37.8 Å². The Bertz CT molecular complexity index is 947. The van der Waals surface area contributed by atoms with Gasteiger partial charge in [-0.05, 0) is 18.2 Å². The second kappa shape index (κ2) is 5.83. The van der Waals surface area contributed by atoms with E-state index >= 15 is 0 Å². The minimum absolute atomic E-state index is 0.0302. The Morgan fingerprint density at radius 1 is 1.00 bits per heavy atom. The van der Waals surface area contributed by atoms with Crippen LogP contribution in [0.15, 0.2) is 30.3 Å². The molecule has 0 spiro atoms. The molecule has 0 saturated carbocycles. The zero-order valence-electron chi connectivity index (χ0n) is 12.0. The number of carbonyl (C=O) groups is 3. The summed E-state index contributed by atoms with van der Waals surface area (Å²) in [7, 11) is 0. The van der Waals surface area contributed by atoms with Gasteiger partial charge < -0.3 is 9.90 Å². The molecule has 1 aliphatic rings. The van der Waals surface area contributed by atoms with Crippen molar-refractivity contribution in [2.24, 2.45) is 0 Å². The molecule has 1 heterocycles. The summed E-state index contributed by atoms with van der Waals surface area (Å²) in [6.07, 6.45) is 0. The molecule has 0 aliphatic carbocycles. The SMILES string of the molecule is O=C([O-])c1ccc([N+](=O)[O-])cc1N1C(=O)c2cc(Cl)c(Cl)cc2C1=O. The number of carboxylic acid groups (broad SMARTS) is 1. The first kappa shape index (κ1) is 16.9. The molecular formula is C15H5Cl2N2O6-. The molecule has 126 valence electrons. The highest BCUT2D eigenvalue weighted by Gasteiger charge is 2.39. The predicted molar refractivity (Wildman–Crippen MR) is 85.0 cm³/mol. The molecule has 8 nitrogen and oxygen atoms in total. The number of carbonyl (C=O) groups excluding carboxylic acids is 3. The fraction of sp³-hybridized carbons (Fsp3) is 0. The number of carboxylic acids is 1. The van der Waals surface area contributed by atoms with E-state index < -0.39 is 39.6 Å². The van der Waals surface area contributed by atoms with Crippen molar-refractivity contribution in [3.8, 4) is 0 Å². The molecule has 0 aromatic heterocycles. The number of non-ortho nitro benzene ring substituents is 1. The van der Waals surface area contributed by atoms with E-state index in [1.807, 2.05) is 0 Å². The van der Waals surface area contributed by atoms with Gasteiger partial charge in [0.1, 0.15) is 0 Å². The van der Waals surface area contributed by atoms with Crippen LogP contribution in [0.5, 0.6) is 0 Å². The third kappa shape index (κ3) is 2.61. The van der Waals surface area contributed by atoms with Crippen LogP contribution in [0.25, 0.3) is 0 Å². The Morgan fingerprint density at radius 2 is 1.52 bits per heavy atom. The maximum atomic E-state index is 12.5. The topological polar surface area (TPSA) is 121 Å². The molecule has 10 heteroatoms. The molecule has 0 fully saturated rings.